The van der Waals surface area contributed by atoms with E-state index in [1.807, 2.05) is 30.3 Å². The second-order valence-electron chi connectivity index (χ2n) is 6.20. The molecule has 1 aromatic carbocycles. The molecule has 5 nitrogen and oxygen atoms in total. The Balaban J connectivity index is 1.49. The van der Waals surface area contributed by atoms with Crippen LogP contribution in [0.15, 0.2) is 30.3 Å². The normalized spacial score (nSPS) is 24.7. The van der Waals surface area contributed by atoms with E-state index < -0.39 is 0 Å². The van der Waals surface area contributed by atoms with Gasteiger partial charge in [-0.2, -0.15) is 0 Å². The molecule has 1 aromatic rings. The Hall–Kier alpha value is -1.88. The van der Waals surface area contributed by atoms with E-state index in [9.17, 15) is 9.59 Å². The minimum atomic E-state index is -0.211. The fraction of sp³-hybridized carbons (Fsp3) is 0.529. The third-order valence-electron chi connectivity index (χ3n) is 4.49. The zero-order valence-electron chi connectivity index (χ0n) is 12.8. The molecule has 22 heavy (non-hydrogen) atoms. The first-order valence-corrected chi connectivity index (χ1v) is 8.05. The smallest absolute Gasteiger partial charge is 0.225 e. The minimum absolute atomic E-state index is 0.0117. The summed E-state index contributed by atoms with van der Waals surface area (Å²) < 4.78 is 0. The molecule has 2 aliphatic rings. The van der Waals surface area contributed by atoms with Gasteiger partial charge in [0.25, 0.3) is 0 Å². The molecule has 118 valence electrons. The molecule has 2 amide bonds. The molecule has 0 aromatic heterocycles. The van der Waals surface area contributed by atoms with Crippen LogP contribution in [0.4, 0.5) is 0 Å². The van der Waals surface area contributed by atoms with Crippen LogP contribution in [0.5, 0.6) is 0 Å². The van der Waals surface area contributed by atoms with Gasteiger partial charge in [-0.3, -0.25) is 9.59 Å². The van der Waals surface area contributed by atoms with Crippen molar-refractivity contribution in [3.05, 3.63) is 35.9 Å². The van der Waals surface area contributed by atoms with Gasteiger partial charge in [0, 0.05) is 32.1 Å². The van der Waals surface area contributed by atoms with Gasteiger partial charge in [0.2, 0.25) is 11.8 Å². The van der Waals surface area contributed by atoms with E-state index in [1.54, 1.807) is 4.90 Å². The van der Waals surface area contributed by atoms with Crippen LogP contribution in [-0.4, -0.2) is 42.4 Å². The van der Waals surface area contributed by atoms with Gasteiger partial charge in [-0.15, -0.1) is 0 Å². The number of likely N-dealkylation sites (tertiary alicyclic amines) is 1. The van der Waals surface area contributed by atoms with Crippen molar-refractivity contribution in [2.75, 3.05) is 19.6 Å². The molecule has 2 aliphatic heterocycles. The quantitative estimate of drug-likeness (QED) is 0.849. The first-order valence-electron chi connectivity index (χ1n) is 8.05. The summed E-state index contributed by atoms with van der Waals surface area (Å²) in [6, 6.07) is 10.3. The molecule has 2 fully saturated rings. The molecular formula is C17H23N3O2. The highest BCUT2D eigenvalue weighted by Gasteiger charge is 2.34. The zero-order chi connectivity index (χ0) is 15.4. The molecule has 5 heteroatoms. The lowest BCUT2D eigenvalue weighted by atomic mass is 10.1. The summed E-state index contributed by atoms with van der Waals surface area (Å²) in [5.41, 5.74) is 1.10. The monoisotopic (exact) mass is 301 g/mol. The van der Waals surface area contributed by atoms with E-state index in [1.165, 1.54) is 6.42 Å². The summed E-state index contributed by atoms with van der Waals surface area (Å²) in [4.78, 5) is 26.1. The van der Waals surface area contributed by atoms with Gasteiger partial charge in [-0.05, 0) is 24.9 Å². The molecule has 2 N–H and O–H groups in total. The number of carbonyl (C=O) groups is 2. The zero-order valence-corrected chi connectivity index (χ0v) is 12.8. The molecular weight excluding hydrogens is 278 g/mol. The maximum absolute atomic E-state index is 12.2. The van der Waals surface area contributed by atoms with Gasteiger partial charge < -0.3 is 15.5 Å². The Labute approximate surface area is 131 Å². The number of benzene rings is 1. The number of hydrogen-bond acceptors (Lipinski definition) is 3. The molecule has 0 spiro atoms. The predicted molar refractivity (Wildman–Crippen MR) is 84.0 cm³/mol. The predicted octanol–water partition coefficient (Wildman–Crippen LogP) is 0.903. The summed E-state index contributed by atoms with van der Waals surface area (Å²) in [6.45, 7) is 2.82. The number of nitrogens with one attached hydrogen (secondary N) is 2. The van der Waals surface area contributed by atoms with Crippen LogP contribution < -0.4 is 10.6 Å². The maximum Gasteiger partial charge on any atom is 0.225 e. The van der Waals surface area contributed by atoms with Crippen molar-refractivity contribution < 1.29 is 9.59 Å². The van der Waals surface area contributed by atoms with Gasteiger partial charge in [0.1, 0.15) is 0 Å². The van der Waals surface area contributed by atoms with Crippen LogP contribution in [0, 0.1) is 5.92 Å². The average molecular weight is 301 g/mol. The molecule has 0 bridgehead atoms. The summed E-state index contributed by atoms with van der Waals surface area (Å²) in [6.07, 6.45) is 2.62. The van der Waals surface area contributed by atoms with Gasteiger partial charge in [0.15, 0.2) is 0 Å². The van der Waals surface area contributed by atoms with Gasteiger partial charge in [-0.1, -0.05) is 30.3 Å². The highest BCUT2D eigenvalue weighted by atomic mass is 16.2. The first-order chi connectivity index (χ1) is 10.7. The minimum Gasteiger partial charge on any atom is -0.354 e. The number of rotatable bonds is 5. The fourth-order valence-corrected chi connectivity index (χ4v) is 3.20. The van der Waals surface area contributed by atoms with Crippen LogP contribution in [0.25, 0.3) is 0 Å². The number of nitrogens with zero attached hydrogens (tertiary/aromatic N) is 1. The van der Waals surface area contributed by atoms with Gasteiger partial charge in [0.05, 0.1) is 5.92 Å². The van der Waals surface area contributed by atoms with Gasteiger partial charge in [-0.25, -0.2) is 0 Å². The van der Waals surface area contributed by atoms with E-state index in [-0.39, 0.29) is 17.7 Å². The number of amides is 2. The van der Waals surface area contributed by atoms with E-state index in [4.69, 9.17) is 0 Å². The second kappa shape index (κ2) is 6.92. The van der Waals surface area contributed by atoms with Crippen LogP contribution in [0.3, 0.4) is 0 Å². The van der Waals surface area contributed by atoms with Crippen molar-refractivity contribution >= 4 is 11.8 Å². The van der Waals surface area contributed by atoms with Crippen LogP contribution in [0.1, 0.15) is 24.8 Å². The Morgan fingerprint density at radius 3 is 2.86 bits per heavy atom. The van der Waals surface area contributed by atoms with Crippen LogP contribution in [0.2, 0.25) is 0 Å². The highest BCUT2D eigenvalue weighted by molar-refractivity contribution is 5.89. The van der Waals surface area contributed by atoms with Gasteiger partial charge >= 0.3 is 0 Å². The number of hydrogen-bond donors (Lipinski definition) is 2. The SMILES string of the molecule is O=C(NCC1CCCN1)C1CC(=O)N(Cc2ccccc2)C1. The van der Waals surface area contributed by atoms with Crippen molar-refractivity contribution in [1.82, 2.24) is 15.5 Å². The topological polar surface area (TPSA) is 61.4 Å². The first kappa shape index (κ1) is 15.0. The standard InChI is InChI=1S/C17H23N3O2/c21-16-9-14(17(22)19-10-15-7-4-8-18-15)12-20(16)11-13-5-2-1-3-6-13/h1-3,5-6,14-15,18H,4,7-12H2,(H,19,22). The van der Waals surface area contributed by atoms with Crippen molar-refractivity contribution in [2.24, 2.45) is 5.92 Å². The van der Waals surface area contributed by atoms with E-state index in [2.05, 4.69) is 10.6 Å². The molecule has 0 saturated carbocycles. The lowest BCUT2D eigenvalue weighted by Gasteiger charge is -2.17. The van der Waals surface area contributed by atoms with E-state index >= 15 is 0 Å². The lowest BCUT2D eigenvalue weighted by molar-refractivity contribution is -0.129. The molecule has 2 unspecified atom stereocenters. The van der Waals surface area contributed by atoms with E-state index in [0.717, 1.165) is 18.5 Å². The Kier molecular flexibility index (Phi) is 4.73. The third-order valence-corrected chi connectivity index (χ3v) is 4.49. The number of carbonyl (C=O) groups excluding carboxylic acids is 2. The highest BCUT2D eigenvalue weighted by Crippen LogP contribution is 2.20. The van der Waals surface area contributed by atoms with Crippen molar-refractivity contribution in [3.63, 3.8) is 0 Å². The molecule has 2 heterocycles. The van der Waals surface area contributed by atoms with Crippen LogP contribution >= 0.6 is 0 Å². The Morgan fingerprint density at radius 2 is 2.14 bits per heavy atom. The fourth-order valence-electron chi connectivity index (χ4n) is 3.20. The molecule has 0 radical (unpaired) electrons. The largest absolute Gasteiger partial charge is 0.354 e. The Morgan fingerprint density at radius 1 is 1.32 bits per heavy atom. The van der Waals surface area contributed by atoms with Crippen LogP contribution in [-0.2, 0) is 16.1 Å². The summed E-state index contributed by atoms with van der Waals surface area (Å²) in [5, 5.41) is 6.35. The maximum atomic E-state index is 12.2. The third kappa shape index (κ3) is 3.65. The molecule has 2 saturated heterocycles. The molecule has 2 atom stereocenters. The Bertz CT molecular complexity index is 526. The van der Waals surface area contributed by atoms with Crippen molar-refractivity contribution in [1.29, 1.82) is 0 Å². The molecule has 0 aliphatic carbocycles. The second-order valence-corrected chi connectivity index (χ2v) is 6.20. The van der Waals surface area contributed by atoms with E-state index in [0.29, 0.717) is 32.1 Å². The van der Waals surface area contributed by atoms with Crippen molar-refractivity contribution in [2.45, 2.75) is 31.8 Å². The summed E-state index contributed by atoms with van der Waals surface area (Å²) in [7, 11) is 0. The molecule has 3 rings (SSSR count). The van der Waals surface area contributed by atoms with Crippen molar-refractivity contribution in [3.8, 4) is 0 Å². The summed E-state index contributed by atoms with van der Waals surface area (Å²) >= 11 is 0. The lowest BCUT2D eigenvalue weighted by Crippen LogP contribution is -2.40. The summed E-state index contributed by atoms with van der Waals surface area (Å²) in [5.74, 6) is -0.127. The average Bonchev–Trinajstić information content (AvgIpc) is 3.16.